The van der Waals surface area contributed by atoms with Crippen LogP contribution < -0.4 is 4.74 Å². The van der Waals surface area contributed by atoms with Gasteiger partial charge in [0.2, 0.25) is 0 Å². The number of halogens is 3. The van der Waals surface area contributed by atoms with Crippen LogP contribution in [0.3, 0.4) is 0 Å². The first-order valence-electron chi connectivity index (χ1n) is 3.81. The molecule has 72 valence electrons. The first kappa shape index (κ1) is 11.2. The summed E-state index contributed by atoms with van der Waals surface area (Å²) in [7, 11) is 0. The molecule has 0 bridgehead atoms. The largest absolute Gasteiger partial charge is 0.490 e. The minimum absolute atomic E-state index is 0.122. The third-order valence-electron chi connectivity index (χ3n) is 1.45. The van der Waals surface area contributed by atoms with Gasteiger partial charge in [-0.05, 0) is 19.1 Å². The van der Waals surface area contributed by atoms with Crippen LogP contribution in [0.15, 0.2) is 18.2 Å². The molecule has 1 aromatic carbocycles. The summed E-state index contributed by atoms with van der Waals surface area (Å²) < 4.78 is 5.51. The number of alkyl halides is 1. The molecule has 1 atom stereocenters. The van der Waals surface area contributed by atoms with Crippen molar-refractivity contribution in [1.82, 2.24) is 0 Å². The molecule has 0 heterocycles. The highest BCUT2D eigenvalue weighted by atomic mass is 79.9. The van der Waals surface area contributed by atoms with E-state index in [9.17, 15) is 0 Å². The standard InChI is InChI=1S/C9H9BrCl2O/c1-6(5-10)13-7-2-3-8(11)9(12)4-7/h2-4,6H,5H2,1H3. The van der Waals surface area contributed by atoms with Crippen molar-refractivity contribution >= 4 is 39.1 Å². The molecular weight excluding hydrogens is 275 g/mol. The summed E-state index contributed by atoms with van der Waals surface area (Å²) in [4.78, 5) is 0. The van der Waals surface area contributed by atoms with Crippen molar-refractivity contribution in [2.24, 2.45) is 0 Å². The van der Waals surface area contributed by atoms with Crippen LogP contribution in [0.5, 0.6) is 5.75 Å². The molecule has 0 aliphatic carbocycles. The maximum absolute atomic E-state index is 5.82. The summed E-state index contributed by atoms with van der Waals surface area (Å²) in [5, 5.41) is 1.84. The second kappa shape index (κ2) is 5.08. The fourth-order valence-corrected chi connectivity index (χ4v) is 1.23. The van der Waals surface area contributed by atoms with E-state index in [2.05, 4.69) is 15.9 Å². The summed E-state index contributed by atoms with van der Waals surface area (Å²) in [6.45, 7) is 1.97. The van der Waals surface area contributed by atoms with Crippen LogP contribution in [0.4, 0.5) is 0 Å². The van der Waals surface area contributed by atoms with Gasteiger partial charge in [-0.1, -0.05) is 39.1 Å². The van der Waals surface area contributed by atoms with Crippen LogP contribution in [0.25, 0.3) is 0 Å². The SMILES string of the molecule is CC(CBr)Oc1ccc(Cl)c(Cl)c1. The summed E-state index contributed by atoms with van der Waals surface area (Å²) in [6.07, 6.45) is 0.122. The Morgan fingerprint density at radius 3 is 2.62 bits per heavy atom. The van der Waals surface area contributed by atoms with Gasteiger partial charge in [-0.3, -0.25) is 0 Å². The molecule has 0 aromatic heterocycles. The van der Waals surface area contributed by atoms with E-state index >= 15 is 0 Å². The van der Waals surface area contributed by atoms with Crippen LogP contribution in [0, 0.1) is 0 Å². The highest BCUT2D eigenvalue weighted by Gasteiger charge is 2.03. The molecule has 1 rings (SSSR count). The molecule has 0 spiro atoms. The zero-order valence-electron chi connectivity index (χ0n) is 7.06. The zero-order chi connectivity index (χ0) is 9.84. The van der Waals surface area contributed by atoms with Gasteiger partial charge in [-0.25, -0.2) is 0 Å². The molecule has 0 N–H and O–H groups in total. The number of hydrogen-bond donors (Lipinski definition) is 0. The van der Waals surface area contributed by atoms with Gasteiger partial charge in [0.15, 0.2) is 0 Å². The van der Waals surface area contributed by atoms with Crippen molar-refractivity contribution in [3.63, 3.8) is 0 Å². The molecule has 0 saturated heterocycles. The van der Waals surface area contributed by atoms with Gasteiger partial charge in [0.25, 0.3) is 0 Å². The molecule has 1 nitrogen and oxygen atoms in total. The minimum Gasteiger partial charge on any atom is -0.490 e. The van der Waals surface area contributed by atoms with Crippen LogP contribution in [0.1, 0.15) is 6.92 Å². The lowest BCUT2D eigenvalue weighted by molar-refractivity contribution is 0.248. The van der Waals surface area contributed by atoms with Crippen molar-refractivity contribution in [2.45, 2.75) is 13.0 Å². The fraction of sp³-hybridized carbons (Fsp3) is 0.333. The van der Waals surface area contributed by atoms with E-state index in [-0.39, 0.29) is 6.10 Å². The second-order valence-corrected chi connectivity index (χ2v) is 4.12. The predicted octanol–water partition coefficient (Wildman–Crippen LogP) is 4.16. The smallest absolute Gasteiger partial charge is 0.121 e. The monoisotopic (exact) mass is 282 g/mol. The van der Waals surface area contributed by atoms with Crippen LogP contribution in [-0.2, 0) is 0 Å². The van der Waals surface area contributed by atoms with Crippen molar-refractivity contribution in [2.75, 3.05) is 5.33 Å². The van der Waals surface area contributed by atoms with Gasteiger partial charge in [0, 0.05) is 11.4 Å². The third-order valence-corrected chi connectivity index (χ3v) is 3.10. The molecule has 0 aliphatic heterocycles. The topological polar surface area (TPSA) is 9.23 Å². The highest BCUT2D eigenvalue weighted by Crippen LogP contribution is 2.26. The summed E-state index contributed by atoms with van der Waals surface area (Å²) >= 11 is 14.9. The minimum atomic E-state index is 0.122. The lowest BCUT2D eigenvalue weighted by atomic mass is 10.3. The van der Waals surface area contributed by atoms with Crippen molar-refractivity contribution < 1.29 is 4.74 Å². The molecule has 4 heteroatoms. The Labute approximate surface area is 96.1 Å². The van der Waals surface area contributed by atoms with Gasteiger partial charge < -0.3 is 4.74 Å². The second-order valence-electron chi connectivity index (χ2n) is 2.66. The number of rotatable bonds is 3. The van der Waals surface area contributed by atoms with E-state index in [0.717, 1.165) is 11.1 Å². The maximum Gasteiger partial charge on any atom is 0.121 e. The maximum atomic E-state index is 5.82. The number of benzene rings is 1. The molecule has 1 aromatic rings. The summed E-state index contributed by atoms with van der Waals surface area (Å²) in [6, 6.07) is 5.23. The molecule has 0 amide bonds. The van der Waals surface area contributed by atoms with Gasteiger partial charge >= 0.3 is 0 Å². The molecular formula is C9H9BrCl2O. The normalized spacial score (nSPS) is 12.6. The van der Waals surface area contributed by atoms with Crippen molar-refractivity contribution in [1.29, 1.82) is 0 Å². The first-order chi connectivity index (χ1) is 6.13. The van der Waals surface area contributed by atoms with Gasteiger partial charge in [-0.15, -0.1) is 0 Å². The van der Waals surface area contributed by atoms with Crippen LogP contribution >= 0.6 is 39.1 Å². The molecule has 1 unspecified atom stereocenters. The molecule has 0 fully saturated rings. The zero-order valence-corrected chi connectivity index (χ0v) is 10.2. The molecule has 0 saturated carbocycles. The first-order valence-corrected chi connectivity index (χ1v) is 5.69. The predicted molar refractivity (Wildman–Crippen MR) is 60.3 cm³/mol. The Morgan fingerprint density at radius 2 is 2.08 bits per heavy atom. The van der Waals surface area contributed by atoms with Crippen molar-refractivity contribution in [3.8, 4) is 5.75 Å². The van der Waals surface area contributed by atoms with E-state index in [1.165, 1.54) is 0 Å². The Morgan fingerprint density at radius 1 is 1.38 bits per heavy atom. The van der Waals surface area contributed by atoms with E-state index in [1.54, 1.807) is 18.2 Å². The highest BCUT2D eigenvalue weighted by molar-refractivity contribution is 9.09. The average Bonchev–Trinajstić information content (AvgIpc) is 2.11. The Hall–Kier alpha value is 0.0800. The fourth-order valence-electron chi connectivity index (χ4n) is 0.814. The lowest BCUT2D eigenvalue weighted by Gasteiger charge is -2.11. The summed E-state index contributed by atoms with van der Waals surface area (Å²) in [5.41, 5.74) is 0. The summed E-state index contributed by atoms with van der Waals surface area (Å²) in [5.74, 6) is 0.737. The van der Waals surface area contributed by atoms with Crippen LogP contribution in [0.2, 0.25) is 10.0 Å². The van der Waals surface area contributed by atoms with E-state index in [4.69, 9.17) is 27.9 Å². The van der Waals surface area contributed by atoms with Gasteiger partial charge in [-0.2, -0.15) is 0 Å². The van der Waals surface area contributed by atoms with E-state index in [0.29, 0.717) is 10.0 Å². The molecule has 13 heavy (non-hydrogen) atoms. The third kappa shape index (κ3) is 3.37. The Kier molecular flexibility index (Phi) is 4.36. The van der Waals surface area contributed by atoms with Gasteiger partial charge in [0.05, 0.1) is 10.0 Å². The molecule has 0 aliphatic rings. The van der Waals surface area contributed by atoms with E-state index in [1.807, 2.05) is 6.92 Å². The van der Waals surface area contributed by atoms with E-state index < -0.39 is 0 Å². The number of hydrogen-bond acceptors (Lipinski definition) is 1. The average molecular weight is 284 g/mol. The Balaban J connectivity index is 2.73. The van der Waals surface area contributed by atoms with Crippen LogP contribution in [-0.4, -0.2) is 11.4 Å². The number of ether oxygens (including phenoxy) is 1. The Bertz CT molecular complexity index is 291. The lowest BCUT2D eigenvalue weighted by Crippen LogP contribution is -2.12. The van der Waals surface area contributed by atoms with Crippen molar-refractivity contribution in [3.05, 3.63) is 28.2 Å². The molecule has 0 radical (unpaired) electrons. The van der Waals surface area contributed by atoms with Gasteiger partial charge in [0.1, 0.15) is 11.9 Å². The quantitative estimate of drug-likeness (QED) is 0.757.